The summed E-state index contributed by atoms with van der Waals surface area (Å²) < 4.78 is 52.2. The maximum Gasteiger partial charge on any atom is 0.420 e. The monoisotopic (exact) mass is 411 g/mol. The van der Waals surface area contributed by atoms with Crippen molar-refractivity contribution in [1.82, 2.24) is 0 Å². The van der Waals surface area contributed by atoms with E-state index in [1.54, 1.807) is 35.2 Å². The smallest absolute Gasteiger partial charge is 0.420 e. The minimum Gasteiger partial charge on any atom is -0.478 e. The molecule has 0 aromatic heterocycles. The first kappa shape index (κ1) is 22.5. The minimum absolute atomic E-state index is 0.0755. The van der Waals surface area contributed by atoms with Gasteiger partial charge in [0.2, 0.25) is 0 Å². The van der Waals surface area contributed by atoms with E-state index in [-0.39, 0.29) is 18.0 Å². The van der Waals surface area contributed by atoms with Crippen molar-refractivity contribution in [3.8, 4) is 11.5 Å². The summed E-state index contributed by atoms with van der Waals surface area (Å²) in [6, 6.07) is 9.93. The lowest BCUT2D eigenvalue weighted by Crippen LogP contribution is -2.29. The highest BCUT2D eigenvalue weighted by molar-refractivity contribution is 5.90. The fourth-order valence-corrected chi connectivity index (χ4v) is 2.80. The molecule has 29 heavy (non-hydrogen) atoms. The van der Waals surface area contributed by atoms with Crippen LogP contribution < -0.4 is 9.64 Å². The summed E-state index contributed by atoms with van der Waals surface area (Å²) in [5.41, 5.74) is -1.51. The Labute approximate surface area is 167 Å². The molecule has 0 unspecified atom stereocenters. The average Bonchev–Trinajstić information content (AvgIpc) is 2.68. The molecule has 0 aliphatic heterocycles. The number of halogens is 3. The Hall–Kier alpha value is -2.74. The van der Waals surface area contributed by atoms with Gasteiger partial charge in [0.1, 0.15) is 11.3 Å². The second kappa shape index (κ2) is 10.2. The molecule has 0 saturated carbocycles. The number of unbranched alkanes of at least 4 members (excludes halogenated alkanes) is 1. The van der Waals surface area contributed by atoms with Crippen LogP contribution >= 0.6 is 0 Å². The van der Waals surface area contributed by atoms with E-state index in [1.807, 2.05) is 6.92 Å². The zero-order valence-corrected chi connectivity index (χ0v) is 16.3. The quantitative estimate of drug-likeness (QED) is 0.563. The van der Waals surface area contributed by atoms with Crippen molar-refractivity contribution in [2.24, 2.45) is 0 Å². The van der Waals surface area contributed by atoms with E-state index in [1.165, 1.54) is 13.2 Å². The van der Waals surface area contributed by atoms with Crippen molar-refractivity contribution >= 4 is 11.7 Å². The predicted molar refractivity (Wildman–Crippen MR) is 104 cm³/mol. The number of carboxylic acid groups (broad SMARTS) is 1. The van der Waals surface area contributed by atoms with E-state index >= 15 is 0 Å². The van der Waals surface area contributed by atoms with Gasteiger partial charge < -0.3 is 19.5 Å². The topological polar surface area (TPSA) is 59.0 Å². The first-order valence-corrected chi connectivity index (χ1v) is 9.23. The number of hydrogen-bond acceptors (Lipinski definition) is 4. The molecule has 0 amide bonds. The van der Waals surface area contributed by atoms with Gasteiger partial charge in [-0.2, -0.15) is 13.2 Å². The van der Waals surface area contributed by atoms with Gasteiger partial charge in [-0.05, 0) is 30.7 Å². The van der Waals surface area contributed by atoms with Crippen molar-refractivity contribution in [3.05, 3.63) is 53.6 Å². The highest BCUT2D eigenvalue weighted by Crippen LogP contribution is 2.45. The van der Waals surface area contributed by atoms with Crippen molar-refractivity contribution in [3.63, 3.8) is 0 Å². The van der Waals surface area contributed by atoms with Gasteiger partial charge in [-0.25, -0.2) is 4.79 Å². The van der Waals surface area contributed by atoms with Gasteiger partial charge >= 0.3 is 12.1 Å². The molecule has 0 fully saturated rings. The molecule has 0 heterocycles. The molecule has 5 nitrogen and oxygen atoms in total. The van der Waals surface area contributed by atoms with Gasteiger partial charge in [-0.15, -0.1) is 0 Å². The number of alkyl halides is 3. The molecule has 0 aliphatic carbocycles. The lowest BCUT2D eigenvalue weighted by Gasteiger charge is -2.28. The van der Waals surface area contributed by atoms with E-state index < -0.39 is 29.0 Å². The molecule has 0 atom stereocenters. The number of para-hydroxylation sites is 1. The third-order valence-electron chi connectivity index (χ3n) is 4.27. The van der Waals surface area contributed by atoms with Crippen LogP contribution in [-0.4, -0.2) is 37.9 Å². The second-order valence-electron chi connectivity index (χ2n) is 6.42. The maximum atomic E-state index is 13.8. The Kier molecular flexibility index (Phi) is 7.90. The van der Waals surface area contributed by atoms with Crippen molar-refractivity contribution in [2.45, 2.75) is 25.9 Å². The molecule has 0 radical (unpaired) electrons. The number of carboxylic acids is 1. The molecular formula is C21H24F3NO4. The highest BCUT2D eigenvalue weighted by atomic mass is 19.4. The van der Waals surface area contributed by atoms with Crippen LogP contribution in [-0.2, 0) is 10.9 Å². The third-order valence-corrected chi connectivity index (χ3v) is 4.27. The Morgan fingerprint density at radius 3 is 2.38 bits per heavy atom. The summed E-state index contributed by atoms with van der Waals surface area (Å²) in [6.07, 6.45) is -3.25. The van der Waals surface area contributed by atoms with Gasteiger partial charge in [-0.1, -0.05) is 31.5 Å². The number of carbonyl (C=O) groups is 1. The standard InChI is InChI=1S/C21H24F3NO4/c1-3-4-10-25(11-12-28-2)18-14-15(20(26)27)13-17(21(22,23)24)19(18)29-16-8-6-5-7-9-16/h5-9,13-14H,3-4,10-12H2,1-2H3,(H,26,27). The van der Waals surface area contributed by atoms with Gasteiger partial charge in [0.25, 0.3) is 0 Å². The van der Waals surface area contributed by atoms with E-state index in [0.717, 1.165) is 6.42 Å². The molecule has 1 N–H and O–H groups in total. The zero-order chi connectivity index (χ0) is 21.4. The first-order valence-electron chi connectivity index (χ1n) is 9.23. The van der Waals surface area contributed by atoms with E-state index in [4.69, 9.17) is 9.47 Å². The number of rotatable bonds is 10. The summed E-state index contributed by atoms with van der Waals surface area (Å²) in [4.78, 5) is 13.2. The van der Waals surface area contributed by atoms with Crippen molar-refractivity contribution in [2.75, 3.05) is 31.7 Å². The predicted octanol–water partition coefficient (Wildman–Crippen LogP) is 5.45. The van der Waals surface area contributed by atoms with E-state index in [2.05, 4.69) is 0 Å². The van der Waals surface area contributed by atoms with Crippen LogP contribution in [0.3, 0.4) is 0 Å². The summed E-state index contributed by atoms with van der Waals surface area (Å²) in [6.45, 7) is 2.96. The molecule has 2 rings (SSSR count). The Bertz CT molecular complexity index is 802. The lowest BCUT2D eigenvalue weighted by atomic mass is 10.1. The first-order chi connectivity index (χ1) is 13.8. The van der Waals surface area contributed by atoms with Crippen molar-refractivity contribution in [1.29, 1.82) is 0 Å². The summed E-state index contributed by atoms with van der Waals surface area (Å²) >= 11 is 0. The number of methoxy groups -OCH3 is 1. The highest BCUT2D eigenvalue weighted by Gasteiger charge is 2.38. The SMILES string of the molecule is CCCCN(CCOC)c1cc(C(=O)O)cc(C(F)(F)F)c1Oc1ccccc1. The zero-order valence-electron chi connectivity index (χ0n) is 16.3. The summed E-state index contributed by atoms with van der Waals surface area (Å²) in [7, 11) is 1.49. The number of aromatic carboxylic acids is 1. The maximum absolute atomic E-state index is 13.8. The summed E-state index contributed by atoms with van der Waals surface area (Å²) in [5, 5.41) is 9.36. The van der Waals surface area contributed by atoms with Gasteiger partial charge in [0.05, 0.1) is 17.9 Å². The van der Waals surface area contributed by atoms with Gasteiger partial charge in [0, 0.05) is 20.2 Å². The van der Waals surface area contributed by atoms with Crippen LogP contribution in [0.25, 0.3) is 0 Å². The number of benzene rings is 2. The van der Waals surface area contributed by atoms with Gasteiger partial charge in [-0.3, -0.25) is 0 Å². The molecule has 0 aliphatic rings. The molecule has 0 saturated heterocycles. The number of nitrogens with zero attached hydrogens (tertiary/aromatic N) is 1. The number of hydrogen-bond donors (Lipinski definition) is 1. The molecule has 0 bridgehead atoms. The molecule has 0 spiro atoms. The van der Waals surface area contributed by atoms with Crippen LogP contribution in [0.5, 0.6) is 11.5 Å². The fraction of sp³-hybridized carbons (Fsp3) is 0.381. The van der Waals surface area contributed by atoms with Crippen LogP contribution in [0.2, 0.25) is 0 Å². The number of anilines is 1. The summed E-state index contributed by atoms with van der Waals surface area (Å²) in [5.74, 6) is -1.63. The molecule has 8 heteroatoms. The second-order valence-corrected chi connectivity index (χ2v) is 6.42. The third kappa shape index (κ3) is 6.12. The average molecular weight is 411 g/mol. The van der Waals surface area contributed by atoms with Gasteiger partial charge in [0.15, 0.2) is 5.75 Å². The largest absolute Gasteiger partial charge is 0.478 e. The van der Waals surface area contributed by atoms with E-state index in [0.29, 0.717) is 25.6 Å². The molecule has 158 valence electrons. The van der Waals surface area contributed by atoms with Crippen LogP contribution in [0.1, 0.15) is 35.7 Å². The Morgan fingerprint density at radius 2 is 1.83 bits per heavy atom. The fourth-order valence-electron chi connectivity index (χ4n) is 2.80. The normalized spacial score (nSPS) is 11.3. The van der Waals surface area contributed by atoms with Crippen LogP contribution in [0.4, 0.5) is 18.9 Å². The Balaban J connectivity index is 2.68. The molecular weight excluding hydrogens is 387 g/mol. The van der Waals surface area contributed by atoms with E-state index in [9.17, 15) is 23.1 Å². The lowest BCUT2D eigenvalue weighted by molar-refractivity contribution is -0.138. The molecule has 2 aromatic carbocycles. The van der Waals surface area contributed by atoms with Crippen LogP contribution in [0, 0.1) is 0 Å². The number of ether oxygens (including phenoxy) is 2. The van der Waals surface area contributed by atoms with Crippen molar-refractivity contribution < 1.29 is 32.5 Å². The Morgan fingerprint density at radius 1 is 1.14 bits per heavy atom. The molecule has 2 aromatic rings. The minimum atomic E-state index is -4.79. The van der Waals surface area contributed by atoms with Crippen LogP contribution in [0.15, 0.2) is 42.5 Å².